The average molecular weight is 353 g/mol. The fraction of sp³-hybridized carbons (Fsp3) is 0.250. The summed E-state index contributed by atoms with van der Waals surface area (Å²) in [4.78, 5) is 0. The number of hydrogen-bond acceptors (Lipinski definition) is 3. The second-order valence-electron chi connectivity index (χ2n) is 4.83. The molecule has 0 bridgehead atoms. The molecule has 1 aliphatic heterocycles. The fourth-order valence-electron chi connectivity index (χ4n) is 2.36. The topological polar surface area (TPSA) is 38.7 Å². The molecule has 1 N–H and O–H groups in total. The summed E-state index contributed by atoms with van der Waals surface area (Å²) in [5.74, 6) is 0.827. The Morgan fingerprint density at radius 3 is 2.81 bits per heavy atom. The van der Waals surface area contributed by atoms with Crippen LogP contribution in [0.25, 0.3) is 0 Å². The molecule has 2 aromatic rings. The summed E-state index contributed by atoms with van der Waals surface area (Å²) in [6.07, 6.45) is -0.670. The third-order valence-corrected chi connectivity index (χ3v) is 3.88. The van der Waals surface area contributed by atoms with E-state index in [1.54, 1.807) is 30.3 Å². The van der Waals surface area contributed by atoms with E-state index < -0.39 is 6.10 Å². The van der Waals surface area contributed by atoms with Crippen LogP contribution < -0.4 is 9.47 Å². The van der Waals surface area contributed by atoms with Gasteiger partial charge in [0, 0.05) is 16.5 Å². The van der Waals surface area contributed by atoms with Crippen LogP contribution in [0, 0.1) is 5.82 Å². The zero-order valence-electron chi connectivity index (χ0n) is 11.2. The lowest BCUT2D eigenvalue weighted by molar-refractivity contribution is 0.145. The molecular formula is C16H14BrFO3. The SMILES string of the molecule is OC(Cc1ccc(Br)cc1F)c1cccc2c1OCCO2. The molecule has 0 aliphatic carbocycles. The molecule has 3 nitrogen and oxygen atoms in total. The maximum atomic E-state index is 13.9. The second-order valence-corrected chi connectivity index (χ2v) is 5.74. The van der Waals surface area contributed by atoms with Crippen LogP contribution in [0.3, 0.4) is 0 Å². The van der Waals surface area contributed by atoms with Crippen molar-refractivity contribution in [2.45, 2.75) is 12.5 Å². The molecule has 0 fully saturated rings. The lowest BCUT2D eigenvalue weighted by Crippen LogP contribution is -2.17. The predicted molar refractivity (Wildman–Crippen MR) is 80.2 cm³/mol. The van der Waals surface area contributed by atoms with Crippen molar-refractivity contribution in [1.82, 2.24) is 0 Å². The van der Waals surface area contributed by atoms with Crippen LogP contribution in [-0.2, 0) is 6.42 Å². The van der Waals surface area contributed by atoms with Crippen LogP contribution in [0.1, 0.15) is 17.2 Å². The predicted octanol–water partition coefficient (Wildman–Crippen LogP) is 3.64. The highest BCUT2D eigenvalue weighted by Crippen LogP contribution is 2.38. The standard InChI is InChI=1S/C16H14BrFO3/c17-11-5-4-10(13(18)9-11)8-14(19)12-2-1-3-15-16(12)21-7-6-20-15/h1-5,9,14,19H,6-8H2. The van der Waals surface area contributed by atoms with Gasteiger partial charge in [-0.25, -0.2) is 4.39 Å². The maximum Gasteiger partial charge on any atom is 0.167 e. The highest BCUT2D eigenvalue weighted by molar-refractivity contribution is 9.10. The van der Waals surface area contributed by atoms with Crippen molar-refractivity contribution in [3.05, 3.63) is 57.8 Å². The van der Waals surface area contributed by atoms with E-state index in [-0.39, 0.29) is 12.2 Å². The third-order valence-electron chi connectivity index (χ3n) is 3.38. The zero-order valence-corrected chi connectivity index (χ0v) is 12.8. The summed E-state index contributed by atoms with van der Waals surface area (Å²) in [6.45, 7) is 0.942. The molecule has 1 aliphatic rings. The van der Waals surface area contributed by atoms with Gasteiger partial charge < -0.3 is 14.6 Å². The van der Waals surface area contributed by atoms with Crippen molar-refractivity contribution in [3.8, 4) is 11.5 Å². The molecule has 1 atom stereocenters. The van der Waals surface area contributed by atoms with Crippen LogP contribution in [0.2, 0.25) is 0 Å². The average Bonchev–Trinajstić information content (AvgIpc) is 2.49. The highest BCUT2D eigenvalue weighted by atomic mass is 79.9. The molecule has 2 aromatic carbocycles. The van der Waals surface area contributed by atoms with Crippen molar-refractivity contribution in [2.75, 3.05) is 13.2 Å². The monoisotopic (exact) mass is 352 g/mol. The molecule has 0 radical (unpaired) electrons. The van der Waals surface area contributed by atoms with E-state index in [1.165, 1.54) is 6.07 Å². The third kappa shape index (κ3) is 3.04. The van der Waals surface area contributed by atoms with E-state index in [1.807, 2.05) is 0 Å². The summed E-state index contributed by atoms with van der Waals surface area (Å²) >= 11 is 3.22. The molecule has 1 unspecified atom stereocenters. The molecule has 0 saturated carbocycles. The Hall–Kier alpha value is -1.59. The van der Waals surface area contributed by atoms with Crippen LogP contribution in [0.5, 0.6) is 11.5 Å². The molecule has 3 rings (SSSR count). The second kappa shape index (κ2) is 6.03. The summed E-state index contributed by atoms with van der Waals surface area (Å²) < 4.78 is 25.6. The van der Waals surface area contributed by atoms with Gasteiger partial charge in [-0.05, 0) is 23.8 Å². The lowest BCUT2D eigenvalue weighted by Gasteiger charge is -2.23. The van der Waals surface area contributed by atoms with E-state index in [9.17, 15) is 9.50 Å². The summed E-state index contributed by atoms with van der Waals surface area (Å²) in [6, 6.07) is 10.2. The van der Waals surface area contributed by atoms with Gasteiger partial charge in [-0.2, -0.15) is 0 Å². The molecule has 5 heteroatoms. The van der Waals surface area contributed by atoms with Gasteiger partial charge in [0.1, 0.15) is 19.0 Å². The highest BCUT2D eigenvalue weighted by Gasteiger charge is 2.21. The number of rotatable bonds is 3. The fourth-order valence-corrected chi connectivity index (χ4v) is 2.70. The first-order valence-electron chi connectivity index (χ1n) is 6.65. The van der Waals surface area contributed by atoms with Gasteiger partial charge in [-0.1, -0.05) is 34.1 Å². The first-order chi connectivity index (χ1) is 10.1. The van der Waals surface area contributed by atoms with Gasteiger partial charge in [0.05, 0.1) is 6.10 Å². The van der Waals surface area contributed by atoms with E-state index in [0.717, 1.165) is 0 Å². The smallest absolute Gasteiger partial charge is 0.167 e. The number of fused-ring (bicyclic) bond motifs is 1. The first-order valence-corrected chi connectivity index (χ1v) is 7.45. The quantitative estimate of drug-likeness (QED) is 0.916. The van der Waals surface area contributed by atoms with Crippen molar-refractivity contribution >= 4 is 15.9 Å². The Bertz CT molecular complexity index is 660. The molecule has 0 saturated heterocycles. The Morgan fingerprint density at radius 2 is 2.00 bits per heavy atom. The van der Waals surface area contributed by atoms with E-state index >= 15 is 0 Å². The van der Waals surface area contributed by atoms with Gasteiger partial charge in [0.25, 0.3) is 0 Å². The zero-order chi connectivity index (χ0) is 14.8. The van der Waals surface area contributed by atoms with E-state index in [4.69, 9.17) is 9.47 Å². The number of aliphatic hydroxyl groups excluding tert-OH is 1. The Morgan fingerprint density at radius 1 is 1.19 bits per heavy atom. The Labute approximate surface area is 130 Å². The lowest BCUT2D eigenvalue weighted by atomic mass is 9.99. The summed E-state index contributed by atoms with van der Waals surface area (Å²) in [5, 5.41) is 10.4. The number of para-hydroxylation sites is 1. The maximum absolute atomic E-state index is 13.9. The van der Waals surface area contributed by atoms with E-state index in [0.29, 0.717) is 40.3 Å². The summed E-state index contributed by atoms with van der Waals surface area (Å²) in [7, 11) is 0. The van der Waals surface area contributed by atoms with Crippen molar-refractivity contribution in [1.29, 1.82) is 0 Å². The molecule has 1 heterocycles. The molecule has 0 amide bonds. The minimum Gasteiger partial charge on any atom is -0.486 e. The molecule has 0 spiro atoms. The largest absolute Gasteiger partial charge is 0.486 e. The number of halogens is 2. The number of aliphatic hydroxyl groups is 1. The van der Waals surface area contributed by atoms with Crippen molar-refractivity contribution < 1.29 is 19.0 Å². The molecule has 21 heavy (non-hydrogen) atoms. The van der Waals surface area contributed by atoms with E-state index in [2.05, 4.69) is 15.9 Å². The van der Waals surface area contributed by atoms with Gasteiger partial charge in [0.2, 0.25) is 0 Å². The van der Waals surface area contributed by atoms with Gasteiger partial charge in [-0.3, -0.25) is 0 Å². The number of hydrogen-bond donors (Lipinski definition) is 1. The Balaban J connectivity index is 1.87. The van der Waals surface area contributed by atoms with Crippen LogP contribution in [0.15, 0.2) is 40.9 Å². The first kappa shape index (κ1) is 14.4. The van der Waals surface area contributed by atoms with Gasteiger partial charge in [-0.15, -0.1) is 0 Å². The molecule has 0 aromatic heterocycles. The van der Waals surface area contributed by atoms with Crippen LogP contribution >= 0.6 is 15.9 Å². The normalized spacial score (nSPS) is 14.8. The molecular weight excluding hydrogens is 339 g/mol. The minimum atomic E-state index is -0.850. The van der Waals surface area contributed by atoms with Crippen LogP contribution in [0.4, 0.5) is 4.39 Å². The van der Waals surface area contributed by atoms with Gasteiger partial charge in [0.15, 0.2) is 11.5 Å². The summed E-state index contributed by atoms with van der Waals surface area (Å²) in [5.41, 5.74) is 1.08. The van der Waals surface area contributed by atoms with Crippen molar-refractivity contribution in [3.63, 3.8) is 0 Å². The number of ether oxygens (including phenoxy) is 2. The minimum absolute atomic E-state index is 0.179. The van der Waals surface area contributed by atoms with Gasteiger partial charge >= 0.3 is 0 Å². The van der Waals surface area contributed by atoms with Crippen LogP contribution in [-0.4, -0.2) is 18.3 Å². The number of benzene rings is 2. The van der Waals surface area contributed by atoms with Crippen molar-refractivity contribution in [2.24, 2.45) is 0 Å². The molecule has 110 valence electrons. The Kier molecular flexibility index (Phi) is 4.12.